The highest BCUT2D eigenvalue weighted by atomic mass is 35.5. The highest BCUT2D eigenvalue weighted by Gasteiger charge is 2.67. The molecule has 2 aliphatic rings. The van der Waals surface area contributed by atoms with Crippen LogP contribution in [-0.2, 0) is 30.7 Å². The van der Waals surface area contributed by atoms with E-state index in [0.717, 1.165) is 40.8 Å². The highest BCUT2D eigenvalue weighted by Crippen LogP contribution is 2.68. The number of halogens is 11. The second-order valence-corrected chi connectivity index (χ2v) is 15.3. The lowest BCUT2D eigenvalue weighted by molar-refractivity contribution is -0.148. The van der Waals surface area contributed by atoms with Gasteiger partial charge in [0.05, 0.1) is 33.0 Å². The molecule has 8 rings (SSSR count). The Morgan fingerprint density at radius 2 is 1.79 bits per heavy atom. The molecular formula is C37H28ClF10N9O3S. The molecule has 1 amide bonds. The molecule has 322 valence electrons. The van der Waals surface area contributed by atoms with Crippen LogP contribution in [-0.4, -0.2) is 65.2 Å². The lowest BCUT2D eigenvalue weighted by atomic mass is 10.0. The molecule has 1 fully saturated rings. The van der Waals surface area contributed by atoms with Crippen molar-refractivity contribution in [1.29, 1.82) is 0 Å². The number of aromatic nitrogens is 7. The molecule has 0 bridgehead atoms. The van der Waals surface area contributed by atoms with E-state index in [9.17, 15) is 44.7 Å². The Hall–Kier alpha value is -5.58. The lowest BCUT2D eigenvalue weighted by Gasteiger charge is -2.24. The maximum absolute atomic E-state index is 15.4. The molecule has 3 unspecified atom stereocenters. The minimum atomic E-state index is -4.60. The number of nitrogens with zero attached hydrogens (tertiary/aromatic N) is 7. The van der Waals surface area contributed by atoms with Gasteiger partial charge in [-0.25, -0.2) is 31.3 Å². The van der Waals surface area contributed by atoms with Crippen molar-refractivity contribution < 1.29 is 53.4 Å². The number of anilines is 1. The number of amides is 1. The van der Waals surface area contributed by atoms with E-state index in [-0.39, 0.29) is 45.0 Å². The van der Waals surface area contributed by atoms with Crippen LogP contribution >= 0.6 is 23.5 Å². The largest absolute Gasteiger partial charge is 0.471 e. The Morgan fingerprint density at radius 1 is 1.07 bits per heavy atom. The number of nitrogens with one attached hydrogen (secondary N) is 2. The zero-order valence-electron chi connectivity index (χ0n) is 31.2. The van der Waals surface area contributed by atoms with Crippen LogP contribution in [0.2, 0.25) is 5.02 Å². The minimum absolute atomic E-state index is 0.00450. The van der Waals surface area contributed by atoms with Crippen molar-refractivity contribution in [3.05, 3.63) is 97.8 Å². The first-order valence-electron chi connectivity index (χ1n) is 18.0. The van der Waals surface area contributed by atoms with Gasteiger partial charge in [0, 0.05) is 43.3 Å². The first kappa shape index (κ1) is 42.1. The molecule has 61 heavy (non-hydrogen) atoms. The average molecular weight is 904 g/mol. The Labute approximate surface area is 345 Å². The molecule has 6 aromatic rings. The van der Waals surface area contributed by atoms with Gasteiger partial charge in [0.1, 0.15) is 35.4 Å². The quantitative estimate of drug-likeness (QED) is 0.0824. The maximum atomic E-state index is 15.4. The molecule has 4 aromatic heterocycles. The molecule has 12 nitrogen and oxygen atoms in total. The Bertz CT molecular complexity index is 2780. The molecule has 0 saturated heterocycles. The molecule has 0 spiro atoms. The van der Waals surface area contributed by atoms with Crippen LogP contribution in [0.25, 0.3) is 27.6 Å². The third-order valence-corrected chi connectivity index (χ3v) is 11.0. The SMILES string of the molecule is CSNc1nn(C)c2c(-n3c(C(Cc4cc(F)cc(F)c4)NC(=O)Cn4nc(C(F)F)c5c4C(F)(F)C4CC54)nc4nc(OCC(F)(F)C(F)F)ccc4c3=O)ccc(Cl)c12. The van der Waals surface area contributed by atoms with Gasteiger partial charge >= 0.3 is 12.3 Å². The van der Waals surface area contributed by atoms with Crippen molar-refractivity contribution in [3.8, 4) is 11.6 Å². The van der Waals surface area contributed by atoms with Gasteiger partial charge in [-0.2, -0.15) is 32.7 Å². The monoisotopic (exact) mass is 903 g/mol. The van der Waals surface area contributed by atoms with Crippen LogP contribution in [0.4, 0.5) is 49.7 Å². The number of pyridine rings is 1. The number of benzene rings is 2. The molecule has 0 radical (unpaired) electrons. The van der Waals surface area contributed by atoms with Crippen molar-refractivity contribution in [3.63, 3.8) is 0 Å². The summed E-state index contributed by atoms with van der Waals surface area (Å²) >= 11 is 7.78. The molecule has 1 saturated carbocycles. The van der Waals surface area contributed by atoms with Crippen molar-refractivity contribution in [2.75, 3.05) is 17.6 Å². The molecule has 24 heteroatoms. The number of fused-ring (bicyclic) bond motifs is 5. The summed E-state index contributed by atoms with van der Waals surface area (Å²) in [5.41, 5.74) is -3.52. The predicted octanol–water partition coefficient (Wildman–Crippen LogP) is 8.01. The zero-order valence-corrected chi connectivity index (χ0v) is 32.8. The number of carbonyl (C=O) groups excluding carboxylic acids is 1. The fraction of sp³-hybridized carbons (Fsp3) is 0.351. The van der Waals surface area contributed by atoms with Gasteiger partial charge in [-0.1, -0.05) is 23.5 Å². The van der Waals surface area contributed by atoms with E-state index in [1.807, 2.05) is 0 Å². The summed E-state index contributed by atoms with van der Waals surface area (Å²) < 4.78 is 152. The third-order valence-electron chi connectivity index (χ3n) is 10.3. The molecule has 2 N–H and O–H groups in total. The number of alkyl halides is 8. The standard InChI is InChI=1S/C37H28ClF10N9O3S/c1-55-28-22(5-4-20(38)26(28)32(53-55)54-61-2)57-33(51-31-17(34(57)59)3-6-24(50-31)60-13-36(45,46)35(43)44)21(9-14-7-15(39)10-16(40)8-14)49-23(58)12-56-29-25(27(52-56)30(41)42)18-11-19(18)37(29,47)48/h3-8,10,18-19,21,30,35H,9,11-13H2,1-2H3,(H,49,58)(H,53,54). The Balaban J connectivity index is 1.31. The van der Waals surface area contributed by atoms with E-state index in [2.05, 4.69) is 30.2 Å². The number of ether oxygens (including phenoxy) is 1. The second-order valence-electron chi connectivity index (χ2n) is 14.3. The summed E-state index contributed by atoms with van der Waals surface area (Å²) in [6.45, 7) is -2.89. The predicted molar refractivity (Wildman–Crippen MR) is 201 cm³/mol. The van der Waals surface area contributed by atoms with Crippen molar-refractivity contribution >= 4 is 57.2 Å². The van der Waals surface area contributed by atoms with Gasteiger partial charge in [-0.05, 0) is 48.2 Å². The third kappa shape index (κ3) is 7.48. The van der Waals surface area contributed by atoms with E-state index in [4.69, 9.17) is 16.3 Å². The fourth-order valence-corrected chi connectivity index (χ4v) is 8.26. The maximum Gasteiger partial charge on any atom is 0.340 e. The van der Waals surface area contributed by atoms with Crippen molar-refractivity contribution in [2.24, 2.45) is 13.0 Å². The summed E-state index contributed by atoms with van der Waals surface area (Å²) in [6, 6.07) is 5.47. The smallest absolute Gasteiger partial charge is 0.340 e. The molecule has 2 aliphatic carbocycles. The van der Waals surface area contributed by atoms with Gasteiger partial charge in [0.2, 0.25) is 11.8 Å². The van der Waals surface area contributed by atoms with Gasteiger partial charge in [-0.3, -0.25) is 23.5 Å². The normalized spacial score (nSPS) is 17.3. The number of rotatable bonds is 14. The van der Waals surface area contributed by atoms with Crippen LogP contribution in [0.3, 0.4) is 0 Å². The lowest BCUT2D eigenvalue weighted by Crippen LogP contribution is -2.38. The zero-order chi connectivity index (χ0) is 43.9. The molecule has 0 aliphatic heterocycles. The topological polar surface area (TPSA) is 134 Å². The van der Waals surface area contributed by atoms with Crippen LogP contribution in [0, 0.1) is 17.6 Å². The molecule has 4 heterocycles. The number of carbonyl (C=O) groups is 1. The first-order valence-corrected chi connectivity index (χ1v) is 19.6. The van der Waals surface area contributed by atoms with Crippen molar-refractivity contribution in [2.45, 2.75) is 56.0 Å². The van der Waals surface area contributed by atoms with Crippen LogP contribution in [0.1, 0.15) is 53.1 Å². The number of hydrogen-bond donors (Lipinski definition) is 2. The number of aryl methyl sites for hydroxylation is 1. The molecule has 2 aromatic carbocycles. The second kappa shape index (κ2) is 15.4. The van der Waals surface area contributed by atoms with E-state index < -0.39 is 114 Å². The minimum Gasteiger partial charge on any atom is -0.471 e. The fourth-order valence-electron chi connectivity index (χ4n) is 7.68. The van der Waals surface area contributed by atoms with E-state index in [1.54, 1.807) is 6.26 Å². The van der Waals surface area contributed by atoms with Gasteiger partial charge in [0.25, 0.3) is 17.9 Å². The summed E-state index contributed by atoms with van der Waals surface area (Å²) in [4.78, 5) is 37.2. The summed E-state index contributed by atoms with van der Waals surface area (Å²) in [5, 5.41) is 10.8. The van der Waals surface area contributed by atoms with E-state index in [1.165, 1.54) is 23.9 Å². The van der Waals surface area contributed by atoms with Crippen LogP contribution in [0.5, 0.6) is 5.88 Å². The van der Waals surface area contributed by atoms with Gasteiger partial charge in [-0.15, -0.1) is 0 Å². The van der Waals surface area contributed by atoms with E-state index >= 15 is 8.78 Å². The summed E-state index contributed by atoms with van der Waals surface area (Å²) in [7, 11) is 1.51. The first-order chi connectivity index (χ1) is 28.8. The van der Waals surface area contributed by atoms with Gasteiger partial charge in [0.15, 0.2) is 18.1 Å². The van der Waals surface area contributed by atoms with Gasteiger partial charge < -0.3 is 14.8 Å². The molecular weight excluding hydrogens is 876 g/mol. The van der Waals surface area contributed by atoms with E-state index in [0.29, 0.717) is 16.1 Å². The summed E-state index contributed by atoms with van der Waals surface area (Å²) in [5.74, 6) is -14.5. The van der Waals surface area contributed by atoms with Crippen LogP contribution in [0.15, 0.2) is 47.3 Å². The Morgan fingerprint density at radius 3 is 2.46 bits per heavy atom. The van der Waals surface area contributed by atoms with Crippen LogP contribution < -0.4 is 20.3 Å². The summed E-state index contributed by atoms with van der Waals surface area (Å²) in [6.07, 6.45) is -6.28. The average Bonchev–Trinajstić information content (AvgIpc) is 3.72. The number of hydrogen-bond acceptors (Lipinski definition) is 9. The highest BCUT2D eigenvalue weighted by molar-refractivity contribution is 7.99. The Kier molecular flexibility index (Phi) is 10.6. The van der Waals surface area contributed by atoms with Crippen molar-refractivity contribution in [1.82, 2.24) is 39.4 Å². The molecule has 3 atom stereocenters.